The molecule has 0 radical (unpaired) electrons. The normalized spacial score (nSPS) is 12.9. The molecular formula is C81H80Cl2N12O15S3. The predicted octanol–water partition coefficient (Wildman–Crippen LogP) is 5.93. The monoisotopic (exact) mass is 1630 g/mol. The van der Waals surface area contributed by atoms with E-state index in [0.29, 0.717) is 105 Å². The number of anilines is 4. The molecule has 0 unspecified atom stereocenters. The number of hydrogen-bond acceptors (Lipinski definition) is 20. The summed E-state index contributed by atoms with van der Waals surface area (Å²) in [4.78, 5) is 54.5. The predicted molar refractivity (Wildman–Crippen MR) is 424 cm³/mol. The topological polar surface area (TPSA) is 344 Å². The van der Waals surface area contributed by atoms with Gasteiger partial charge in [0.05, 0.1) is 45.9 Å². The van der Waals surface area contributed by atoms with Crippen LogP contribution in [0.5, 0.6) is 5.88 Å². The minimum atomic E-state index is -4.41. The molecule has 14 rings (SSSR count). The van der Waals surface area contributed by atoms with Gasteiger partial charge in [0.1, 0.15) is 50.4 Å². The first-order chi connectivity index (χ1) is 53.3. The summed E-state index contributed by atoms with van der Waals surface area (Å²) in [5.41, 5.74) is 17.6. The molecule has 2 aromatic heterocycles. The summed E-state index contributed by atoms with van der Waals surface area (Å²) in [5, 5.41) is 31.1. The van der Waals surface area contributed by atoms with Crippen LogP contribution in [0.3, 0.4) is 0 Å². The van der Waals surface area contributed by atoms with Gasteiger partial charge < -0.3 is 74.2 Å². The molecule has 7 aromatic carbocycles. The minimum absolute atomic E-state index is 0. The lowest BCUT2D eigenvalue weighted by Gasteiger charge is -2.31. The van der Waals surface area contributed by atoms with Crippen LogP contribution >= 0.6 is 12.0 Å². The minimum Gasteiger partial charge on any atom is -1.00 e. The van der Waals surface area contributed by atoms with Crippen molar-refractivity contribution in [3.63, 3.8) is 0 Å². The Bertz CT molecular complexity index is 6020. The van der Waals surface area contributed by atoms with Gasteiger partial charge in [0, 0.05) is 164 Å². The Morgan fingerprint density at radius 1 is 0.681 bits per heavy atom. The number of hydrogen-bond donors (Lipinski definition) is 6. The highest BCUT2D eigenvalue weighted by atomic mass is 35.5. The molecule has 2 amide bonds. The van der Waals surface area contributed by atoms with Crippen molar-refractivity contribution in [2.45, 2.75) is 60.6 Å². The number of nitrogen functional groups attached to an aromatic ring is 1. The quantitative estimate of drug-likeness (QED) is 0.00821. The van der Waals surface area contributed by atoms with E-state index >= 15 is 0 Å². The Kier molecular flexibility index (Phi) is 26.0. The molecule has 9 aromatic rings. The number of carboxylic acids is 1. The van der Waals surface area contributed by atoms with Crippen LogP contribution in [-0.4, -0.2) is 135 Å². The summed E-state index contributed by atoms with van der Waals surface area (Å²) in [6.45, 7) is 3.15. The molecule has 0 spiro atoms. The van der Waals surface area contributed by atoms with Crippen molar-refractivity contribution in [2.75, 3.05) is 77.5 Å². The number of nitrogens with zero attached hydrogens (tertiary/aromatic N) is 9. The fraction of sp³-hybridized carbons (Fsp3) is 0.210. The van der Waals surface area contributed by atoms with Gasteiger partial charge in [0.2, 0.25) is 50.1 Å². The fourth-order valence-electron chi connectivity index (χ4n) is 13.4. The summed E-state index contributed by atoms with van der Waals surface area (Å²) in [6, 6.07) is 58.0. The first-order valence-electron chi connectivity index (χ1n) is 35.3. The molecule has 113 heavy (non-hydrogen) atoms. The maximum absolute atomic E-state index is 15.0. The maximum atomic E-state index is 15.0. The number of aromatic carboxylic acids is 1. The molecule has 2 aliphatic carbocycles. The molecule has 0 bridgehead atoms. The van der Waals surface area contributed by atoms with Gasteiger partial charge in [-0.2, -0.15) is 27.3 Å². The lowest BCUT2D eigenvalue weighted by molar-refractivity contribution is -0.432. The third-order valence-corrected chi connectivity index (χ3v) is 22.8. The van der Waals surface area contributed by atoms with Gasteiger partial charge in [0.15, 0.2) is 11.2 Å². The van der Waals surface area contributed by atoms with Crippen molar-refractivity contribution < 1.29 is 93.9 Å². The highest BCUT2D eigenvalue weighted by molar-refractivity contribution is 7.94. The average molecular weight is 1630 g/mol. The lowest BCUT2D eigenvalue weighted by Crippen LogP contribution is -3.00. The Labute approximate surface area is 667 Å². The van der Waals surface area contributed by atoms with Crippen LogP contribution in [0, 0.1) is 5.92 Å². The summed E-state index contributed by atoms with van der Waals surface area (Å²) < 4.78 is 93.8. The van der Waals surface area contributed by atoms with E-state index in [-0.39, 0.29) is 83.5 Å². The Hall–Kier alpha value is -11.3. The van der Waals surface area contributed by atoms with E-state index in [1.165, 1.54) is 23.4 Å². The van der Waals surface area contributed by atoms with Crippen LogP contribution in [0.2, 0.25) is 0 Å². The van der Waals surface area contributed by atoms with Crippen molar-refractivity contribution in [1.82, 2.24) is 43.6 Å². The van der Waals surface area contributed by atoms with Gasteiger partial charge in [-0.25, -0.2) is 28.0 Å². The number of carboxylic acid groups (broad SMARTS) is 1. The molecule has 7 N–H and O–H groups in total. The van der Waals surface area contributed by atoms with E-state index in [1.807, 2.05) is 180 Å². The van der Waals surface area contributed by atoms with Crippen LogP contribution < -0.4 is 75.6 Å². The smallest absolute Gasteiger partial charge is 0.336 e. The molecule has 5 heterocycles. The number of amides is 2. The number of aryl methyl sites for hydroxylation is 1. The maximum Gasteiger partial charge on any atom is 0.336 e. The van der Waals surface area contributed by atoms with Crippen LogP contribution in [0.4, 0.5) is 28.7 Å². The summed E-state index contributed by atoms with van der Waals surface area (Å²) in [6.07, 6.45) is 2.79. The SMILES string of the molecule is CC(=O)NCc1ccc(COc2nc(N)nc3c2ncn3CCCNC(=O)C2CCN(S(=O)(=O)c3ccccc3-c3c4ccc(=[N+](C)c5ccc(S(=O)(=O)O)cc5)cc-4oc4cc(N(C)c5ccc(SOOO)cc5)ccc34)CC2)cc1.CN(C)c1ccc2c(-c3ccccc3C(=O)O)c3ccc(=[N+](C)C)cc-3oc2c1.[Cl-].[Cl-]. The number of halogens is 2. The second-order valence-corrected chi connectivity index (χ2v) is 31.1. The molecule has 32 heteroatoms. The van der Waals surface area contributed by atoms with E-state index in [2.05, 4.69) is 35.0 Å². The van der Waals surface area contributed by atoms with E-state index in [1.54, 1.807) is 74.0 Å². The number of aromatic nitrogens is 4. The molecule has 0 saturated carbocycles. The fourth-order valence-corrected chi connectivity index (χ4v) is 15.9. The molecular weight excluding hydrogens is 1550 g/mol. The summed E-state index contributed by atoms with van der Waals surface area (Å²) in [7, 11) is 3.05. The molecule has 27 nitrogen and oxygen atoms in total. The van der Waals surface area contributed by atoms with Gasteiger partial charge in [-0.1, -0.05) is 65.7 Å². The molecule has 3 aliphatic heterocycles. The summed E-state index contributed by atoms with van der Waals surface area (Å²) in [5.74, 6) is -0.218. The lowest BCUT2D eigenvalue weighted by atomic mass is 9.90. The Morgan fingerprint density at radius 2 is 1.27 bits per heavy atom. The number of carbonyl (C=O) groups excluding carboxylic acids is 2. The Balaban J connectivity index is 0.000000340. The van der Waals surface area contributed by atoms with Gasteiger partial charge in [-0.05, 0) is 121 Å². The summed E-state index contributed by atoms with van der Waals surface area (Å²) >= 11 is 0.840. The van der Waals surface area contributed by atoms with E-state index in [9.17, 15) is 40.9 Å². The van der Waals surface area contributed by atoms with Crippen molar-refractivity contribution in [1.29, 1.82) is 0 Å². The zero-order valence-electron chi connectivity index (χ0n) is 62.3. The van der Waals surface area contributed by atoms with Crippen molar-refractivity contribution in [2.24, 2.45) is 5.92 Å². The van der Waals surface area contributed by atoms with Gasteiger partial charge in [-0.15, -0.1) is 4.33 Å². The van der Waals surface area contributed by atoms with E-state index in [4.69, 9.17) is 24.6 Å². The zero-order valence-corrected chi connectivity index (χ0v) is 66.3. The average Bonchev–Trinajstić information content (AvgIpc) is 1.54. The van der Waals surface area contributed by atoms with Gasteiger partial charge in [-0.3, -0.25) is 14.1 Å². The van der Waals surface area contributed by atoms with Crippen molar-refractivity contribution >= 4 is 112 Å². The van der Waals surface area contributed by atoms with Crippen LogP contribution in [0.15, 0.2) is 224 Å². The molecule has 5 aliphatic rings. The van der Waals surface area contributed by atoms with Gasteiger partial charge >= 0.3 is 5.97 Å². The number of nitrogens with one attached hydrogen (secondary N) is 2. The van der Waals surface area contributed by atoms with Gasteiger partial charge in [0.25, 0.3) is 10.1 Å². The zero-order chi connectivity index (χ0) is 78.4. The number of fused-ring (bicyclic) bond motifs is 5. The molecule has 1 saturated heterocycles. The number of carbonyl (C=O) groups is 3. The molecule has 586 valence electrons. The number of nitrogens with two attached hydrogens (primary N) is 1. The van der Waals surface area contributed by atoms with Crippen molar-refractivity contribution in [3.8, 4) is 50.8 Å². The number of piperidine rings is 1. The second-order valence-electron chi connectivity index (χ2n) is 27.0. The standard InChI is InChI=1S/C57H56N10O12S3.C24H22N2O3.2ClH/c1-36(68)60-33-37-9-11-38(12-10-37)34-76-56-53-54(62-57(58)63-56)66(35-61-53)28-6-27-59-55(69)39-25-29-67(30-26-39)81(71,72)51-8-5-4-7-48(51)52-46-23-17-42(64(2)40-13-19-44(20-14-40)80-79-78-70)31-49(46)77-50-32-43(18-24-47(50)52)65(3)41-15-21-45(22-16-41)82(73,74)75;1-25(2)15-9-11-19-21(13-15)29-22-14-16(26(3)4)10-12-20(22)23(19)17-7-5-6-8-18(17)24(27)28;;/h4-5,7-24,31-32,35,39H,6,25-30,33-34H2,1-3H3,(H5-,58,59,60,62,63,68,69,70,73,74,75);5-14H,1-4H3;2*1H. The molecule has 1 fully saturated rings. The highest BCUT2D eigenvalue weighted by Crippen LogP contribution is 2.46. The number of benzene rings is 9. The second kappa shape index (κ2) is 35.6. The number of rotatable bonds is 23. The largest absolute Gasteiger partial charge is 1.00 e. The third-order valence-electron chi connectivity index (χ3n) is 19.4. The van der Waals surface area contributed by atoms with Crippen LogP contribution in [-0.2, 0) is 58.8 Å². The highest BCUT2D eigenvalue weighted by Gasteiger charge is 2.35. The van der Waals surface area contributed by atoms with Crippen molar-refractivity contribution in [3.05, 3.63) is 228 Å². The number of ether oxygens (including phenoxy) is 1. The number of imidazole rings is 1. The van der Waals surface area contributed by atoms with Crippen LogP contribution in [0.1, 0.15) is 47.7 Å². The van der Waals surface area contributed by atoms with E-state index in [0.717, 1.165) is 73.4 Å². The van der Waals surface area contributed by atoms with Crippen LogP contribution in [0.25, 0.3) is 78.0 Å². The Morgan fingerprint density at radius 3 is 1.90 bits per heavy atom. The first kappa shape index (κ1) is 82.7. The van der Waals surface area contributed by atoms with E-state index < -0.39 is 32.0 Å². The molecule has 0 atom stereocenters. The number of sulfonamides is 1. The first-order valence-corrected chi connectivity index (χ1v) is 38.9. The third kappa shape index (κ3) is 18.4.